The highest BCUT2D eigenvalue weighted by Crippen LogP contribution is 2.40. The number of alkyl halides is 4. The average molecular weight is 292 g/mol. The minimum Gasteiger partial charge on any atom is -0.384 e. The van der Waals surface area contributed by atoms with Gasteiger partial charge in [-0.3, -0.25) is 0 Å². The number of anilines is 1. The molecule has 0 radical (unpaired) electrons. The third-order valence-electron chi connectivity index (χ3n) is 3.83. The molecule has 0 aliphatic heterocycles. The van der Waals surface area contributed by atoms with Crippen molar-refractivity contribution in [2.45, 2.75) is 31.9 Å². The topological polar surface area (TPSA) is 12.0 Å². The summed E-state index contributed by atoms with van der Waals surface area (Å²) in [6, 6.07) is 5.59. The normalized spacial score (nSPS) is 18.5. The first-order valence-corrected chi connectivity index (χ1v) is 6.96. The molecular formula is C14H17ClF3N. The summed E-state index contributed by atoms with van der Waals surface area (Å²) in [5.74, 6) is 0.494. The molecule has 1 aromatic rings. The molecule has 0 heterocycles. The van der Waals surface area contributed by atoms with Crippen molar-refractivity contribution in [2.75, 3.05) is 17.7 Å². The molecule has 0 amide bonds. The van der Waals surface area contributed by atoms with Gasteiger partial charge in [-0.25, -0.2) is 0 Å². The van der Waals surface area contributed by atoms with E-state index in [1.807, 2.05) is 0 Å². The van der Waals surface area contributed by atoms with Gasteiger partial charge >= 0.3 is 6.18 Å². The summed E-state index contributed by atoms with van der Waals surface area (Å²) in [5, 5.41) is 2.95. The van der Waals surface area contributed by atoms with Gasteiger partial charge in [-0.05, 0) is 25.0 Å². The van der Waals surface area contributed by atoms with Crippen LogP contribution in [0.2, 0.25) is 0 Å². The van der Waals surface area contributed by atoms with Crippen molar-refractivity contribution in [2.24, 2.45) is 5.41 Å². The van der Waals surface area contributed by atoms with Crippen LogP contribution in [-0.4, -0.2) is 12.4 Å². The Balaban J connectivity index is 2.11. The van der Waals surface area contributed by atoms with Gasteiger partial charge < -0.3 is 5.32 Å². The first kappa shape index (κ1) is 14.5. The highest BCUT2D eigenvalue weighted by molar-refractivity contribution is 6.18. The predicted molar refractivity (Wildman–Crippen MR) is 71.6 cm³/mol. The standard InChI is InChI=1S/C14H17ClF3N/c15-9-13(7-3-4-8-13)10-19-12-6-2-1-5-11(12)14(16,17)18/h1-2,5-6,19H,3-4,7-10H2. The van der Waals surface area contributed by atoms with Crippen molar-refractivity contribution in [3.63, 3.8) is 0 Å². The first-order valence-electron chi connectivity index (χ1n) is 6.43. The van der Waals surface area contributed by atoms with Crippen LogP contribution in [0.5, 0.6) is 0 Å². The van der Waals surface area contributed by atoms with E-state index in [4.69, 9.17) is 11.6 Å². The predicted octanol–water partition coefficient (Wildman–Crippen LogP) is 4.92. The van der Waals surface area contributed by atoms with E-state index in [1.54, 1.807) is 6.07 Å². The Hall–Kier alpha value is -0.900. The Labute approximate surface area is 116 Å². The highest BCUT2D eigenvalue weighted by atomic mass is 35.5. The van der Waals surface area contributed by atoms with E-state index in [0.717, 1.165) is 31.7 Å². The van der Waals surface area contributed by atoms with Gasteiger partial charge in [0.2, 0.25) is 0 Å². The zero-order valence-electron chi connectivity index (χ0n) is 10.6. The van der Waals surface area contributed by atoms with Crippen LogP contribution in [-0.2, 0) is 6.18 Å². The number of benzene rings is 1. The number of hydrogen-bond acceptors (Lipinski definition) is 1. The number of nitrogens with one attached hydrogen (secondary N) is 1. The van der Waals surface area contributed by atoms with Gasteiger partial charge in [0.15, 0.2) is 0 Å². The second kappa shape index (κ2) is 5.61. The molecule has 1 aliphatic rings. The van der Waals surface area contributed by atoms with Gasteiger partial charge in [-0.15, -0.1) is 11.6 Å². The molecule has 2 rings (SSSR count). The average Bonchev–Trinajstić information content (AvgIpc) is 2.85. The van der Waals surface area contributed by atoms with E-state index in [2.05, 4.69) is 5.32 Å². The smallest absolute Gasteiger partial charge is 0.384 e. The van der Waals surface area contributed by atoms with E-state index in [1.165, 1.54) is 12.1 Å². The van der Waals surface area contributed by atoms with Crippen molar-refractivity contribution >= 4 is 17.3 Å². The fourth-order valence-electron chi connectivity index (χ4n) is 2.65. The summed E-state index contributed by atoms with van der Waals surface area (Å²) in [6.45, 7) is 0.504. The molecule has 106 valence electrons. The van der Waals surface area contributed by atoms with E-state index < -0.39 is 11.7 Å². The molecule has 0 spiro atoms. The number of rotatable bonds is 4. The second-order valence-corrected chi connectivity index (χ2v) is 5.50. The summed E-state index contributed by atoms with van der Waals surface area (Å²) in [4.78, 5) is 0. The van der Waals surface area contributed by atoms with Crippen LogP contribution in [0.4, 0.5) is 18.9 Å². The quantitative estimate of drug-likeness (QED) is 0.777. The summed E-state index contributed by atoms with van der Waals surface area (Å²) in [5.41, 5.74) is -0.524. The lowest BCUT2D eigenvalue weighted by atomic mass is 9.88. The molecule has 1 aliphatic carbocycles. The molecule has 0 unspecified atom stereocenters. The molecule has 5 heteroatoms. The van der Waals surface area contributed by atoms with Crippen LogP contribution in [0.3, 0.4) is 0 Å². The lowest BCUT2D eigenvalue weighted by Crippen LogP contribution is -2.29. The van der Waals surface area contributed by atoms with Crippen LogP contribution in [0.15, 0.2) is 24.3 Å². The van der Waals surface area contributed by atoms with Gasteiger partial charge in [-0.2, -0.15) is 13.2 Å². The van der Waals surface area contributed by atoms with Crippen molar-refractivity contribution in [3.05, 3.63) is 29.8 Å². The van der Waals surface area contributed by atoms with Crippen LogP contribution in [0, 0.1) is 5.41 Å². The second-order valence-electron chi connectivity index (χ2n) is 5.24. The summed E-state index contributed by atoms with van der Waals surface area (Å²) >= 11 is 6.00. The van der Waals surface area contributed by atoms with Crippen LogP contribution in [0.25, 0.3) is 0 Å². The van der Waals surface area contributed by atoms with Gasteiger partial charge in [0.25, 0.3) is 0 Å². The van der Waals surface area contributed by atoms with Gasteiger partial charge in [0, 0.05) is 23.5 Å². The highest BCUT2D eigenvalue weighted by Gasteiger charge is 2.35. The van der Waals surface area contributed by atoms with E-state index in [0.29, 0.717) is 12.4 Å². The van der Waals surface area contributed by atoms with Crippen LogP contribution in [0.1, 0.15) is 31.2 Å². The maximum Gasteiger partial charge on any atom is 0.418 e. The van der Waals surface area contributed by atoms with Crippen LogP contribution >= 0.6 is 11.6 Å². The first-order chi connectivity index (χ1) is 8.97. The number of para-hydroxylation sites is 1. The SMILES string of the molecule is FC(F)(F)c1ccccc1NCC1(CCl)CCCC1. The Bertz CT molecular complexity index is 425. The molecule has 1 fully saturated rings. The summed E-state index contributed by atoms with van der Waals surface area (Å²) in [6.07, 6.45) is -0.145. The van der Waals surface area contributed by atoms with E-state index >= 15 is 0 Å². The monoisotopic (exact) mass is 291 g/mol. The van der Waals surface area contributed by atoms with E-state index in [9.17, 15) is 13.2 Å². The van der Waals surface area contributed by atoms with Crippen molar-refractivity contribution in [1.82, 2.24) is 0 Å². The molecule has 0 atom stereocenters. The lowest BCUT2D eigenvalue weighted by Gasteiger charge is -2.27. The Morgan fingerprint density at radius 1 is 1.16 bits per heavy atom. The van der Waals surface area contributed by atoms with Crippen molar-refractivity contribution < 1.29 is 13.2 Å². The zero-order chi connectivity index (χ0) is 13.9. The van der Waals surface area contributed by atoms with Gasteiger partial charge in [0.1, 0.15) is 0 Å². The summed E-state index contributed by atoms with van der Waals surface area (Å²) in [7, 11) is 0. The molecule has 0 aromatic heterocycles. The fraction of sp³-hybridized carbons (Fsp3) is 0.571. The lowest BCUT2D eigenvalue weighted by molar-refractivity contribution is -0.137. The van der Waals surface area contributed by atoms with Crippen LogP contribution < -0.4 is 5.32 Å². The maximum absolute atomic E-state index is 12.9. The number of halogens is 4. The Morgan fingerprint density at radius 3 is 2.37 bits per heavy atom. The molecule has 19 heavy (non-hydrogen) atoms. The molecule has 0 bridgehead atoms. The zero-order valence-corrected chi connectivity index (χ0v) is 11.3. The van der Waals surface area contributed by atoms with Gasteiger partial charge in [0.05, 0.1) is 5.56 Å². The third kappa shape index (κ3) is 3.35. The number of hydrogen-bond donors (Lipinski definition) is 1. The largest absolute Gasteiger partial charge is 0.418 e. The molecule has 0 saturated heterocycles. The summed E-state index contributed by atoms with van der Waals surface area (Å²) < 4.78 is 38.6. The van der Waals surface area contributed by atoms with Crippen molar-refractivity contribution in [3.8, 4) is 0 Å². The maximum atomic E-state index is 12.9. The molecule has 1 saturated carbocycles. The molecule has 1 aromatic carbocycles. The van der Waals surface area contributed by atoms with Gasteiger partial charge in [-0.1, -0.05) is 25.0 Å². The Kier molecular flexibility index (Phi) is 4.29. The Morgan fingerprint density at radius 2 is 1.79 bits per heavy atom. The van der Waals surface area contributed by atoms with E-state index in [-0.39, 0.29) is 11.1 Å². The minimum absolute atomic E-state index is 0.0553. The third-order valence-corrected chi connectivity index (χ3v) is 4.40. The molecule has 1 N–H and O–H groups in total. The van der Waals surface area contributed by atoms with Crippen molar-refractivity contribution in [1.29, 1.82) is 0 Å². The fourth-order valence-corrected chi connectivity index (χ4v) is 3.01. The molecule has 1 nitrogen and oxygen atoms in total. The minimum atomic E-state index is -4.33. The molecular weight excluding hydrogens is 275 g/mol.